The first-order valence-electron chi connectivity index (χ1n) is 10.8. The molecule has 4 rings (SSSR count). The average Bonchev–Trinajstić information content (AvgIpc) is 2.86. The molecule has 4 aromatic rings. The second-order valence-electron chi connectivity index (χ2n) is 7.65. The summed E-state index contributed by atoms with van der Waals surface area (Å²) in [4.78, 5) is 14.6. The van der Waals surface area contributed by atoms with Crippen LogP contribution in [0.5, 0.6) is 5.75 Å². The van der Waals surface area contributed by atoms with Crippen LogP contribution in [0.25, 0.3) is 0 Å². The molecular weight excluding hydrogens is 480 g/mol. The third-order valence-corrected chi connectivity index (χ3v) is 7.67. The molecule has 0 aliphatic rings. The monoisotopic (exact) mass is 504 g/mol. The molecule has 0 aliphatic carbocycles. The van der Waals surface area contributed by atoms with Gasteiger partial charge in [-0.05, 0) is 61.0 Å². The van der Waals surface area contributed by atoms with Crippen LogP contribution in [-0.4, -0.2) is 21.4 Å². The predicted molar refractivity (Wildman–Crippen MR) is 140 cm³/mol. The van der Waals surface area contributed by atoms with Crippen molar-refractivity contribution in [1.29, 1.82) is 0 Å². The van der Waals surface area contributed by atoms with Crippen molar-refractivity contribution in [2.45, 2.75) is 21.6 Å². The molecule has 0 bridgehead atoms. The van der Waals surface area contributed by atoms with Crippen LogP contribution in [0.3, 0.4) is 0 Å². The van der Waals surface area contributed by atoms with E-state index in [2.05, 4.69) is 10.0 Å². The lowest BCUT2D eigenvalue weighted by Gasteiger charge is -2.15. The number of para-hydroxylation sites is 1. The third kappa shape index (κ3) is 5.85. The lowest BCUT2D eigenvalue weighted by atomic mass is 10.1. The standard InChI is InChI=1S/C27H24N2O4S2/c1-19-10-6-7-13-22(19)27(30)28-24-18-21(16-17-25(24)33-2)35(31,32)29-23-14-8-9-15-26(23)34-20-11-4-3-5-12-20/h3-18,29H,1-2H3,(H,28,30). The van der Waals surface area contributed by atoms with E-state index in [9.17, 15) is 13.2 Å². The van der Waals surface area contributed by atoms with Crippen LogP contribution in [0.1, 0.15) is 15.9 Å². The number of benzene rings is 4. The van der Waals surface area contributed by atoms with Gasteiger partial charge in [0.25, 0.3) is 15.9 Å². The Morgan fingerprint density at radius 3 is 2.26 bits per heavy atom. The summed E-state index contributed by atoms with van der Waals surface area (Å²) in [5, 5.41) is 2.78. The van der Waals surface area contributed by atoms with Crippen molar-refractivity contribution < 1.29 is 17.9 Å². The normalized spacial score (nSPS) is 11.0. The maximum atomic E-state index is 13.3. The molecule has 6 nitrogen and oxygen atoms in total. The highest BCUT2D eigenvalue weighted by Crippen LogP contribution is 2.35. The van der Waals surface area contributed by atoms with Crippen LogP contribution in [-0.2, 0) is 10.0 Å². The van der Waals surface area contributed by atoms with Gasteiger partial charge in [0.05, 0.1) is 23.4 Å². The Labute approximate surface area is 209 Å². The van der Waals surface area contributed by atoms with E-state index in [0.29, 0.717) is 17.0 Å². The molecule has 35 heavy (non-hydrogen) atoms. The minimum Gasteiger partial charge on any atom is -0.495 e. The minimum absolute atomic E-state index is 0.00195. The molecule has 178 valence electrons. The zero-order chi connectivity index (χ0) is 24.8. The molecule has 0 heterocycles. The van der Waals surface area contributed by atoms with E-state index in [4.69, 9.17) is 4.74 Å². The summed E-state index contributed by atoms with van der Waals surface area (Å²) in [6, 6.07) is 28.4. The molecule has 8 heteroatoms. The fraction of sp³-hybridized carbons (Fsp3) is 0.0741. The van der Waals surface area contributed by atoms with E-state index in [1.165, 1.54) is 37.1 Å². The number of rotatable bonds is 8. The van der Waals surface area contributed by atoms with E-state index in [-0.39, 0.29) is 16.5 Å². The Balaban J connectivity index is 1.62. The summed E-state index contributed by atoms with van der Waals surface area (Å²) >= 11 is 1.46. The van der Waals surface area contributed by atoms with E-state index >= 15 is 0 Å². The Morgan fingerprint density at radius 1 is 0.829 bits per heavy atom. The van der Waals surface area contributed by atoms with Gasteiger partial charge in [0.2, 0.25) is 0 Å². The molecule has 0 spiro atoms. The first-order chi connectivity index (χ1) is 16.9. The number of carbonyl (C=O) groups is 1. The molecule has 0 aromatic heterocycles. The highest BCUT2D eigenvalue weighted by atomic mass is 32.2. The fourth-order valence-electron chi connectivity index (χ4n) is 3.43. The Morgan fingerprint density at radius 2 is 1.51 bits per heavy atom. The molecule has 0 aliphatic heterocycles. The van der Waals surface area contributed by atoms with Crippen LogP contribution in [0.15, 0.2) is 112 Å². The van der Waals surface area contributed by atoms with Crippen LogP contribution >= 0.6 is 11.8 Å². The lowest BCUT2D eigenvalue weighted by molar-refractivity contribution is 0.102. The Kier molecular flexibility index (Phi) is 7.43. The summed E-state index contributed by atoms with van der Waals surface area (Å²) in [7, 11) is -2.49. The van der Waals surface area contributed by atoms with Crippen LogP contribution < -0.4 is 14.8 Å². The highest BCUT2D eigenvalue weighted by molar-refractivity contribution is 7.99. The van der Waals surface area contributed by atoms with Gasteiger partial charge < -0.3 is 10.1 Å². The van der Waals surface area contributed by atoms with Crippen LogP contribution in [0, 0.1) is 6.92 Å². The molecule has 0 saturated carbocycles. The van der Waals surface area contributed by atoms with E-state index < -0.39 is 10.0 Å². The number of anilines is 2. The maximum Gasteiger partial charge on any atom is 0.262 e. The molecule has 2 N–H and O–H groups in total. The van der Waals surface area contributed by atoms with Gasteiger partial charge in [-0.25, -0.2) is 8.42 Å². The molecule has 0 fully saturated rings. The van der Waals surface area contributed by atoms with E-state index in [1.807, 2.05) is 61.5 Å². The first kappa shape index (κ1) is 24.4. The number of hydrogen-bond donors (Lipinski definition) is 2. The topological polar surface area (TPSA) is 84.5 Å². The van der Waals surface area contributed by atoms with E-state index in [0.717, 1.165) is 15.4 Å². The van der Waals surface area contributed by atoms with Gasteiger partial charge >= 0.3 is 0 Å². The van der Waals surface area contributed by atoms with Crippen LogP contribution in [0.2, 0.25) is 0 Å². The van der Waals surface area contributed by atoms with Gasteiger partial charge in [0.15, 0.2) is 0 Å². The molecule has 0 atom stereocenters. The molecule has 0 saturated heterocycles. The predicted octanol–water partition coefficient (Wildman–Crippen LogP) is 6.21. The zero-order valence-corrected chi connectivity index (χ0v) is 20.8. The summed E-state index contributed by atoms with van der Waals surface area (Å²) in [5.74, 6) is -0.000527. The Hall–Kier alpha value is -3.75. The summed E-state index contributed by atoms with van der Waals surface area (Å²) in [6.07, 6.45) is 0. The summed E-state index contributed by atoms with van der Waals surface area (Å²) < 4.78 is 34.6. The number of carbonyl (C=O) groups excluding carboxylic acids is 1. The third-order valence-electron chi connectivity index (χ3n) is 5.22. The maximum absolute atomic E-state index is 13.3. The van der Waals surface area contributed by atoms with Crippen LogP contribution in [0.4, 0.5) is 11.4 Å². The summed E-state index contributed by atoms with van der Waals surface area (Å²) in [5.41, 5.74) is 2.02. The summed E-state index contributed by atoms with van der Waals surface area (Å²) in [6.45, 7) is 1.84. The second-order valence-corrected chi connectivity index (χ2v) is 10.4. The number of methoxy groups -OCH3 is 1. The Bertz CT molecular complexity index is 1460. The molecule has 1 amide bonds. The quantitative estimate of drug-likeness (QED) is 0.298. The molecule has 4 aromatic carbocycles. The number of ether oxygens (including phenoxy) is 1. The molecule has 0 unspecified atom stereocenters. The minimum atomic E-state index is -3.95. The van der Waals surface area contributed by atoms with Gasteiger partial charge in [-0.1, -0.05) is 60.3 Å². The zero-order valence-electron chi connectivity index (χ0n) is 19.2. The fourth-order valence-corrected chi connectivity index (χ4v) is 5.52. The van der Waals surface area contributed by atoms with Crippen molar-refractivity contribution in [1.82, 2.24) is 0 Å². The second kappa shape index (κ2) is 10.7. The molecular formula is C27H24N2O4S2. The number of sulfonamides is 1. The number of hydrogen-bond acceptors (Lipinski definition) is 5. The van der Waals surface area contributed by atoms with Gasteiger partial charge in [0.1, 0.15) is 5.75 Å². The number of amides is 1. The van der Waals surface area contributed by atoms with Crippen molar-refractivity contribution >= 4 is 39.1 Å². The van der Waals surface area contributed by atoms with Crippen molar-refractivity contribution in [2.24, 2.45) is 0 Å². The SMILES string of the molecule is COc1ccc(S(=O)(=O)Nc2ccccc2Sc2ccccc2)cc1NC(=O)c1ccccc1C. The average molecular weight is 505 g/mol. The number of nitrogens with one attached hydrogen (secondary N) is 2. The van der Waals surface area contributed by atoms with Crippen molar-refractivity contribution in [3.63, 3.8) is 0 Å². The number of aryl methyl sites for hydroxylation is 1. The van der Waals surface area contributed by atoms with E-state index in [1.54, 1.807) is 24.3 Å². The van der Waals surface area contributed by atoms with Gasteiger partial charge in [-0.15, -0.1) is 0 Å². The lowest BCUT2D eigenvalue weighted by Crippen LogP contribution is -2.16. The van der Waals surface area contributed by atoms with Gasteiger partial charge in [-0.2, -0.15) is 0 Å². The molecule has 0 radical (unpaired) electrons. The van der Waals surface area contributed by atoms with Crippen molar-refractivity contribution in [3.05, 3.63) is 108 Å². The van der Waals surface area contributed by atoms with Gasteiger partial charge in [0, 0.05) is 15.4 Å². The highest BCUT2D eigenvalue weighted by Gasteiger charge is 2.20. The first-order valence-corrected chi connectivity index (χ1v) is 13.1. The van der Waals surface area contributed by atoms with Crippen molar-refractivity contribution in [3.8, 4) is 5.75 Å². The van der Waals surface area contributed by atoms with Gasteiger partial charge in [-0.3, -0.25) is 9.52 Å². The largest absolute Gasteiger partial charge is 0.495 e. The van der Waals surface area contributed by atoms with Crippen molar-refractivity contribution in [2.75, 3.05) is 17.1 Å². The smallest absolute Gasteiger partial charge is 0.262 e.